The second-order valence-electron chi connectivity index (χ2n) is 6.82. The number of ether oxygens (including phenoxy) is 3. The average molecular weight is 363 g/mol. The van der Waals surface area contributed by atoms with Crippen LogP contribution in [0.3, 0.4) is 0 Å². The van der Waals surface area contributed by atoms with Crippen LogP contribution in [-0.2, 0) is 9.53 Å². The zero-order chi connectivity index (χ0) is 19.1. The third kappa shape index (κ3) is 5.13. The Bertz CT molecular complexity index is 631. The number of carbonyl (C=O) groups is 2. The lowest BCUT2D eigenvalue weighted by molar-refractivity contribution is -0.125. The summed E-state index contributed by atoms with van der Waals surface area (Å²) < 4.78 is 15.8. The van der Waals surface area contributed by atoms with E-state index in [1.807, 2.05) is 6.92 Å². The van der Waals surface area contributed by atoms with Gasteiger partial charge in [0.05, 0.1) is 19.3 Å². The van der Waals surface area contributed by atoms with Crippen molar-refractivity contribution in [3.05, 3.63) is 23.8 Å². The van der Waals surface area contributed by atoms with Crippen LogP contribution < -0.4 is 14.8 Å². The largest absolute Gasteiger partial charge is 0.493 e. The highest BCUT2D eigenvalue weighted by molar-refractivity contribution is 5.92. The predicted molar refractivity (Wildman–Crippen MR) is 98.6 cm³/mol. The van der Waals surface area contributed by atoms with E-state index >= 15 is 0 Å². The van der Waals surface area contributed by atoms with Gasteiger partial charge in [-0.3, -0.25) is 4.79 Å². The van der Waals surface area contributed by atoms with Gasteiger partial charge in [-0.1, -0.05) is 26.7 Å². The second kappa shape index (κ2) is 9.46. The second-order valence-corrected chi connectivity index (χ2v) is 6.82. The van der Waals surface area contributed by atoms with Crippen LogP contribution in [0.5, 0.6) is 11.5 Å². The summed E-state index contributed by atoms with van der Waals surface area (Å²) in [6.45, 7) is 6.45. The van der Waals surface area contributed by atoms with Crippen LogP contribution in [0.2, 0.25) is 0 Å². The van der Waals surface area contributed by atoms with Crippen molar-refractivity contribution in [2.24, 2.45) is 11.8 Å². The molecule has 0 aromatic heterocycles. The van der Waals surface area contributed by atoms with Gasteiger partial charge >= 0.3 is 5.97 Å². The van der Waals surface area contributed by atoms with Crippen LogP contribution in [0.15, 0.2) is 18.2 Å². The zero-order valence-corrected chi connectivity index (χ0v) is 16.0. The third-order valence-electron chi connectivity index (χ3n) is 5.09. The molecule has 0 unspecified atom stereocenters. The maximum atomic E-state index is 12.2. The highest BCUT2D eigenvalue weighted by Crippen LogP contribution is 2.30. The smallest absolute Gasteiger partial charge is 0.338 e. The van der Waals surface area contributed by atoms with Crippen LogP contribution in [0.4, 0.5) is 0 Å². The highest BCUT2D eigenvalue weighted by atomic mass is 16.5. The maximum Gasteiger partial charge on any atom is 0.338 e. The number of methoxy groups -OCH3 is 1. The number of carbonyl (C=O) groups excluding carboxylic acids is 2. The van der Waals surface area contributed by atoms with E-state index in [9.17, 15) is 9.59 Å². The number of benzene rings is 1. The molecule has 1 saturated carbocycles. The molecule has 0 spiro atoms. The number of hydrogen-bond acceptors (Lipinski definition) is 5. The first-order valence-corrected chi connectivity index (χ1v) is 9.23. The van der Waals surface area contributed by atoms with E-state index in [1.54, 1.807) is 18.2 Å². The van der Waals surface area contributed by atoms with E-state index in [0.29, 0.717) is 35.5 Å². The molecular formula is C20H29NO5. The van der Waals surface area contributed by atoms with Gasteiger partial charge in [0.1, 0.15) is 0 Å². The van der Waals surface area contributed by atoms with Gasteiger partial charge in [0.25, 0.3) is 5.91 Å². The van der Waals surface area contributed by atoms with E-state index in [1.165, 1.54) is 13.5 Å². The van der Waals surface area contributed by atoms with Crippen molar-refractivity contribution >= 4 is 11.9 Å². The zero-order valence-electron chi connectivity index (χ0n) is 16.0. The fraction of sp³-hybridized carbons (Fsp3) is 0.600. The van der Waals surface area contributed by atoms with Gasteiger partial charge < -0.3 is 19.5 Å². The normalized spacial score (nSPS) is 22.4. The summed E-state index contributed by atoms with van der Waals surface area (Å²) in [5.74, 6) is 1.21. The SMILES string of the molecule is CCOc1ccc(C(=O)OCC(=O)N[C@H]2CCC[C@@H](C)[C@@H]2C)cc1OC. The number of nitrogens with one attached hydrogen (secondary N) is 1. The minimum absolute atomic E-state index is 0.149. The molecule has 1 N–H and O–H groups in total. The minimum atomic E-state index is -0.563. The van der Waals surface area contributed by atoms with Crippen LogP contribution in [0.25, 0.3) is 0 Å². The Balaban J connectivity index is 1.88. The molecule has 1 aliphatic rings. The Morgan fingerprint density at radius 1 is 1.19 bits per heavy atom. The van der Waals surface area contributed by atoms with Crippen molar-refractivity contribution in [1.82, 2.24) is 5.32 Å². The Labute approximate surface area is 155 Å². The quantitative estimate of drug-likeness (QED) is 0.753. The average Bonchev–Trinajstić information content (AvgIpc) is 2.64. The Morgan fingerprint density at radius 3 is 2.65 bits per heavy atom. The minimum Gasteiger partial charge on any atom is -0.493 e. The Hall–Kier alpha value is -2.24. The van der Waals surface area contributed by atoms with Crippen molar-refractivity contribution < 1.29 is 23.8 Å². The van der Waals surface area contributed by atoms with E-state index in [-0.39, 0.29) is 18.6 Å². The fourth-order valence-electron chi connectivity index (χ4n) is 3.32. The molecule has 0 bridgehead atoms. The summed E-state index contributed by atoms with van der Waals surface area (Å²) in [7, 11) is 1.51. The molecule has 1 amide bonds. The van der Waals surface area contributed by atoms with Gasteiger partial charge in [-0.05, 0) is 43.4 Å². The monoisotopic (exact) mass is 363 g/mol. The van der Waals surface area contributed by atoms with E-state index in [2.05, 4.69) is 19.2 Å². The van der Waals surface area contributed by atoms with E-state index in [4.69, 9.17) is 14.2 Å². The first-order valence-electron chi connectivity index (χ1n) is 9.23. The Morgan fingerprint density at radius 2 is 1.96 bits per heavy atom. The van der Waals surface area contributed by atoms with Gasteiger partial charge in [0.15, 0.2) is 18.1 Å². The number of amides is 1. The molecule has 2 rings (SSSR count). The summed E-state index contributed by atoms with van der Waals surface area (Å²) in [4.78, 5) is 24.3. The summed E-state index contributed by atoms with van der Waals surface area (Å²) in [5, 5.41) is 2.99. The lowest BCUT2D eigenvalue weighted by atomic mass is 9.78. The van der Waals surface area contributed by atoms with Gasteiger partial charge in [-0.25, -0.2) is 4.79 Å². The molecule has 26 heavy (non-hydrogen) atoms. The molecule has 0 heterocycles. The van der Waals surface area contributed by atoms with Crippen molar-refractivity contribution in [2.45, 2.75) is 46.1 Å². The number of esters is 1. The van der Waals surface area contributed by atoms with Crippen molar-refractivity contribution in [1.29, 1.82) is 0 Å². The molecule has 1 aromatic rings. The Kier molecular flexibility index (Phi) is 7.30. The number of rotatable bonds is 7. The predicted octanol–water partition coefficient (Wildman–Crippen LogP) is 3.19. The fourth-order valence-corrected chi connectivity index (χ4v) is 3.32. The molecule has 1 fully saturated rings. The van der Waals surface area contributed by atoms with E-state index < -0.39 is 5.97 Å². The molecular weight excluding hydrogens is 334 g/mol. The van der Waals surface area contributed by atoms with Crippen LogP contribution in [0, 0.1) is 11.8 Å². The molecule has 1 aliphatic carbocycles. The van der Waals surface area contributed by atoms with Crippen molar-refractivity contribution in [3.63, 3.8) is 0 Å². The van der Waals surface area contributed by atoms with Crippen LogP contribution in [-0.4, -0.2) is 38.2 Å². The molecule has 6 nitrogen and oxygen atoms in total. The van der Waals surface area contributed by atoms with Crippen molar-refractivity contribution in [2.75, 3.05) is 20.3 Å². The highest BCUT2D eigenvalue weighted by Gasteiger charge is 2.28. The van der Waals surface area contributed by atoms with Gasteiger partial charge in [0, 0.05) is 6.04 Å². The van der Waals surface area contributed by atoms with Gasteiger partial charge in [0.2, 0.25) is 0 Å². The number of hydrogen-bond donors (Lipinski definition) is 1. The molecule has 6 heteroatoms. The molecule has 3 atom stereocenters. The summed E-state index contributed by atoms with van der Waals surface area (Å²) >= 11 is 0. The standard InChI is InChI=1S/C20H29NO5/c1-5-25-17-10-9-15(11-18(17)24-4)20(23)26-12-19(22)21-16-8-6-7-13(2)14(16)3/h9-11,13-14,16H,5-8,12H2,1-4H3,(H,21,22)/t13-,14+,16+/m1/s1. The summed E-state index contributed by atoms with van der Waals surface area (Å²) in [6.07, 6.45) is 3.28. The van der Waals surface area contributed by atoms with E-state index in [0.717, 1.165) is 12.8 Å². The maximum absolute atomic E-state index is 12.2. The third-order valence-corrected chi connectivity index (χ3v) is 5.09. The molecule has 1 aromatic carbocycles. The van der Waals surface area contributed by atoms with Crippen molar-refractivity contribution in [3.8, 4) is 11.5 Å². The molecule has 144 valence electrons. The topological polar surface area (TPSA) is 73.9 Å². The molecule has 0 radical (unpaired) electrons. The van der Waals surface area contributed by atoms with Crippen LogP contribution >= 0.6 is 0 Å². The lowest BCUT2D eigenvalue weighted by Gasteiger charge is -2.34. The first-order chi connectivity index (χ1) is 12.5. The summed E-state index contributed by atoms with van der Waals surface area (Å²) in [6, 6.07) is 4.95. The molecule has 0 aliphatic heterocycles. The van der Waals surface area contributed by atoms with Gasteiger partial charge in [-0.2, -0.15) is 0 Å². The van der Waals surface area contributed by atoms with Crippen LogP contribution in [0.1, 0.15) is 50.4 Å². The lowest BCUT2D eigenvalue weighted by Crippen LogP contribution is -2.45. The first kappa shape index (κ1) is 20.1. The van der Waals surface area contributed by atoms with Gasteiger partial charge in [-0.15, -0.1) is 0 Å². The molecule has 0 saturated heterocycles. The summed E-state index contributed by atoms with van der Waals surface area (Å²) in [5.41, 5.74) is 0.317.